The molecule has 130 valence electrons. The molecule has 6 nitrogen and oxygen atoms in total. The van der Waals surface area contributed by atoms with E-state index in [2.05, 4.69) is 9.98 Å². The van der Waals surface area contributed by atoms with E-state index in [1.54, 1.807) is 19.1 Å². The van der Waals surface area contributed by atoms with E-state index in [-0.39, 0.29) is 35.3 Å². The second-order valence-electron chi connectivity index (χ2n) is 6.22. The molecule has 0 atom stereocenters. The maximum atomic E-state index is 13.7. The summed E-state index contributed by atoms with van der Waals surface area (Å²) in [6.07, 6.45) is -0.101. The molecule has 1 aromatic carbocycles. The molecule has 25 heavy (non-hydrogen) atoms. The van der Waals surface area contributed by atoms with Gasteiger partial charge in [-0.3, -0.25) is 14.6 Å². The number of benzene rings is 1. The van der Waals surface area contributed by atoms with Gasteiger partial charge in [-0.25, -0.2) is 9.37 Å². The minimum atomic E-state index is -0.407. The molecule has 0 N–H and O–H groups in total. The van der Waals surface area contributed by atoms with Crippen molar-refractivity contribution in [3.05, 3.63) is 41.0 Å². The van der Waals surface area contributed by atoms with Crippen molar-refractivity contribution in [1.82, 2.24) is 9.88 Å². The van der Waals surface area contributed by atoms with E-state index in [1.165, 1.54) is 6.07 Å². The van der Waals surface area contributed by atoms with E-state index in [0.717, 1.165) is 0 Å². The highest BCUT2D eigenvalue weighted by Crippen LogP contribution is 2.27. The number of aliphatic imine (C=N–C) groups is 1. The Morgan fingerprint density at radius 1 is 1.32 bits per heavy atom. The van der Waals surface area contributed by atoms with Gasteiger partial charge in [-0.15, -0.1) is 0 Å². The van der Waals surface area contributed by atoms with Crippen molar-refractivity contribution in [3.8, 4) is 11.5 Å². The Morgan fingerprint density at radius 3 is 2.76 bits per heavy atom. The maximum Gasteiger partial charge on any atom is 0.229 e. The number of rotatable bonds is 4. The number of fused-ring (bicyclic) bond motifs is 1. The molecule has 0 saturated heterocycles. The number of carbonyl (C=O) groups excluding carboxylic acids is 2. The van der Waals surface area contributed by atoms with Crippen molar-refractivity contribution in [2.75, 3.05) is 27.2 Å². The zero-order valence-corrected chi connectivity index (χ0v) is 14.3. The third kappa shape index (κ3) is 3.41. The van der Waals surface area contributed by atoms with Crippen molar-refractivity contribution >= 4 is 17.3 Å². The number of oxazole rings is 1. The lowest BCUT2D eigenvalue weighted by atomic mass is 9.97. The van der Waals surface area contributed by atoms with Crippen LogP contribution in [0, 0.1) is 12.7 Å². The van der Waals surface area contributed by atoms with Gasteiger partial charge in [0.25, 0.3) is 0 Å². The highest BCUT2D eigenvalue weighted by Gasteiger charge is 2.35. The molecule has 2 aromatic rings. The number of hydrogen-bond acceptors (Lipinski definition) is 6. The van der Waals surface area contributed by atoms with E-state index in [0.29, 0.717) is 24.2 Å². The quantitative estimate of drug-likeness (QED) is 0.853. The molecule has 0 aliphatic heterocycles. The van der Waals surface area contributed by atoms with Gasteiger partial charge in [0.2, 0.25) is 23.2 Å². The summed E-state index contributed by atoms with van der Waals surface area (Å²) in [6, 6.07) is 4.50. The Labute approximate surface area is 144 Å². The van der Waals surface area contributed by atoms with Gasteiger partial charge < -0.3 is 9.32 Å². The van der Waals surface area contributed by atoms with Crippen LogP contribution in [0.1, 0.15) is 33.0 Å². The normalized spacial score (nSPS) is 16.0. The zero-order chi connectivity index (χ0) is 18.1. The standard InChI is InChI=1S/C18H18FN3O3/c1-10-4-5-11(8-12(10)19)18-21-15-16(24)13(20-6-7-22(2)3)9-14(23)17(15)25-18/h4-5,8H,6-7,9H2,1-3H3. The van der Waals surface area contributed by atoms with Crippen molar-refractivity contribution in [3.63, 3.8) is 0 Å². The summed E-state index contributed by atoms with van der Waals surface area (Å²) >= 11 is 0. The van der Waals surface area contributed by atoms with Crippen LogP contribution >= 0.6 is 0 Å². The lowest BCUT2D eigenvalue weighted by molar-refractivity contribution is 0.0940. The molecule has 7 heteroatoms. The maximum absolute atomic E-state index is 13.7. The molecule has 0 fully saturated rings. The van der Waals surface area contributed by atoms with Gasteiger partial charge in [0.15, 0.2) is 5.69 Å². The number of carbonyl (C=O) groups is 2. The number of nitrogens with zero attached hydrogens (tertiary/aromatic N) is 3. The van der Waals surface area contributed by atoms with Crippen molar-refractivity contribution in [1.29, 1.82) is 0 Å². The van der Waals surface area contributed by atoms with Crippen LogP contribution in [0.25, 0.3) is 11.5 Å². The van der Waals surface area contributed by atoms with E-state index in [1.807, 2.05) is 19.0 Å². The molecular weight excluding hydrogens is 325 g/mol. The Kier molecular flexibility index (Phi) is 4.59. The summed E-state index contributed by atoms with van der Waals surface area (Å²) in [5.41, 5.74) is 1.01. The topological polar surface area (TPSA) is 75.8 Å². The van der Waals surface area contributed by atoms with E-state index >= 15 is 0 Å². The Hall–Kier alpha value is -2.67. The Bertz CT molecular complexity index is 884. The summed E-state index contributed by atoms with van der Waals surface area (Å²) in [5.74, 6) is -1.18. The number of aryl methyl sites for hydroxylation is 1. The van der Waals surface area contributed by atoms with Crippen LogP contribution in [0.2, 0.25) is 0 Å². The first kappa shape index (κ1) is 17.2. The molecule has 0 saturated carbocycles. The van der Waals surface area contributed by atoms with E-state index < -0.39 is 11.6 Å². The first-order valence-electron chi connectivity index (χ1n) is 7.90. The van der Waals surface area contributed by atoms with Crippen LogP contribution in [-0.4, -0.2) is 54.3 Å². The summed E-state index contributed by atoms with van der Waals surface area (Å²) in [7, 11) is 3.80. The monoisotopic (exact) mass is 343 g/mol. The van der Waals surface area contributed by atoms with Crippen LogP contribution in [-0.2, 0) is 0 Å². The Morgan fingerprint density at radius 2 is 2.08 bits per heavy atom. The van der Waals surface area contributed by atoms with Crippen LogP contribution in [0.4, 0.5) is 4.39 Å². The zero-order valence-electron chi connectivity index (χ0n) is 14.3. The minimum absolute atomic E-state index is 0.0455. The highest BCUT2D eigenvalue weighted by molar-refractivity contribution is 6.52. The highest BCUT2D eigenvalue weighted by atomic mass is 19.1. The number of aromatic nitrogens is 1. The van der Waals surface area contributed by atoms with Gasteiger partial charge in [-0.1, -0.05) is 6.07 Å². The Balaban J connectivity index is 1.93. The number of hydrogen-bond donors (Lipinski definition) is 0. The molecule has 1 aromatic heterocycles. The largest absolute Gasteiger partial charge is 0.432 e. The first-order valence-corrected chi connectivity index (χ1v) is 7.90. The van der Waals surface area contributed by atoms with Gasteiger partial charge >= 0.3 is 0 Å². The fourth-order valence-electron chi connectivity index (χ4n) is 2.47. The average molecular weight is 343 g/mol. The number of likely N-dealkylation sites (N-methyl/N-ethyl adjacent to an activating group) is 1. The smallest absolute Gasteiger partial charge is 0.229 e. The summed E-state index contributed by atoms with van der Waals surface area (Å²) in [4.78, 5) is 35.0. The molecule has 0 amide bonds. The molecule has 0 spiro atoms. The lowest BCUT2D eigenvalue weighted by Crippen LogP contribution is -2.27. The second-order valence-corrected chi connectivity index (χ2v) is 6.22. The van der Waals surface area contributed by atoms with Crippen LogP contribution in [0.5, 0.6) is 0 Å². The fraction of sp³-hybridized carbons (Fsp3) is 0.333. The molecule has 3 rings (SSSR count). The van der Waals surface area contributed by atoms with E-state index in [4.69, 9.17) is 4.42 Å². The molecule has 1 heterocycles. The third-order valence-corrected chi connectivity index (χ3v) is 3.95. The molecule has 0 radical (unpaired) electrons. The van der Waals surface area contributed by atoms with Crippen molar-refractivity contribution < 1.29 is 18.4 Å². The van der Waals surface area contributed by atoms with Crippen molar-refractivity contribution in [2.45, 2.75) is 13.3 Å². The lowest BCUT2D eigenvalue weighted by Gasteiger charge is -2.10. The van der Waals surface area contributed by atoms with Gasteiger partial charge in [0, 0.05) is 12.1 Å². The summed E-state index contributed by atoms with van der Waals surface area (Å²) in [5, 5.41) is 0. The SMILES string of the molecule is Cc1ccc(-c2nc3c(o2)C(=O)CC(=NCCN(C)C)C3=O)cc1F. The minimum Gasteiger partial charge on any atom is -0.432 e. The van der Waals surface area contributed by atoms with Crippen molar-refractivity contribution in [2.24, 2.45) is 4.99 Å². The summed E-state index contributed by atoms with van der Waals surface area (Å²) < 4.78 is 19.2. The van der Waals surface area contributed by atoms with Gasteiger partial charge in [-0.2, -0.15) is 0 Å². The number of halogens is 1. The predicted molar refractivity (Wildman–Crippen MR) is 90.8 cm³/mol. The molecule has 0 unspecified atom stereocenters. The molecular formula is C18H18FN3O3. The van der Waals surface area contributed by atoms with Gasteiger partial charge in [-0.05, 0) is 38.7 Å². The average Bonchev–Trinajstić information content (AvgIpc) is 3.00. The molecule has 1 aliphatic rings. The number of Topliss-reactive ketones (excluding diaryl/α,β-unsaturated/α-hetero) is 2. The van der Waals surface area contributed by atoms with Crippen LogP contribution in [0.3, 0.4) is 0 Å². The fourth-order valence-corrected chi connectivity index (χ4v) is 2.47. The second kappa shape index (κ2) is 6.68. The van der Waals surface area contributed by atoms with Crippen LogP contribution < -0.4 is 0 Å². The van der Waals surface area contributed by atoms with Gasteiger partial charge in [0.05, 0.1) is 18.7 Å². The predicted octanol–water partition coefficient (Wildman–Crippen LogP) is 2.56. The third-order valence-electron chi connectivity index (χ3n) is 3.95. The summed E-state index contributed by atoms with van der Waals surface area (Å²) in [6.45, 7) is 2.73. The van der Waals surface area contributed by atoms with E-state index in [9.17, 15) is 14.0 Å². The number of ketones is 2. The molecule has 0 bridgehead atoms. The van der Waals surface area contributed by atoms with Gasteiger partial charge in [0.1, 0.15) is 5.82 Å². The van der Waals surface area contributed by atoms with Crippen LogP contribution in [0.15, 0.2) is 27.6 Å². The first-order chi connectivity index (χ1) is 11.9. The molecule has 1 aliphatic carbocycles.